The van der Waals surface area contributed by atoms with Crippen molar-refractivity contribution in [3.63, 3.8) is 0 Å². The third kappa shape index (κ3) is 3.09. The van der Waals surface area contributed by atoms with Crippen molar-refractivity contribution in [2.24, 2.45) is 11.3 Å². The summed E-state index contributed by atoms with van der Waals surface area (Å²) < 4.78 is 23.3. The highest BCUT2D eigenvalue weighted by Gasteiger charge is 2.59. The lowest BCUT2D eigenvalue weighted by atomic mass is 9.96. The number of carbonyl (C=O) groups is 1. The van der Waals surface area contributed by atoms with Crippen LogP contribution >= 0.6 is 0 Å². The van der Waals surface area contributed by atoms with Crippen molar-refractivity contribution < 1.29 is 13.2 Å². The molecular weight excluding hydrogens is 374 g/mol. The molecule has 1 atom stereocenters. The maximum absolute atomic E-state index is 12.7. The lowest BCUT2D eigenvalue weighted by Crippen LogP contribution is -2.28. The first-order valence-electron chi connectivity index (χ1n) is 9.51. The maximum Gasteiger partial charge on any atom is 0.228 e. The van der Waals surface area contributed by atoms with E-state index in [0.717, 1.165) is 34.5 Å². The molecule has 1 aromatic heterocycles. The SMILES string of the molecule is O=C(Nc1ccc2nc(-c3ccccc3)[nH]c2c1)C1CC12CCS(=O)(=O)CC2. The van der Waals surface area contributed by atoms with Gasteiger partial charge in [-0.3, -0.25) is 4.79 Å². The molecule has 144 valence electrons. The smallest absolute Gasteiger partial charge is 0.228 e. The number of aromatic amines is 1. The van der Waals surface area contributed by atoms with Gasteiger partial charge in [0, 0.05) is 17.2 Å². The Morgan fingerprint density at radius 3 is 2.61 bits per heavy atom. The highest BCUT2D eigenvalue weighted by Crippen LogP contribution is 2.60. The quantitative estimate of drug-likeness (QED) is 0.711. The zero-order valence-corrected chi connectivity index (χ0v) is 16.1. The molecule has 2 heterocycles. The number of hydrogen-bond donors (Lipinski definition) is 2. The first kappa shape index (κ1) is 17.4. The number of imidazole rings is 1. The molecule has 1 aliphatic heterocycles. The van der Waals surface area contributed by atoms with Crippen molar-refractivity contribution >= 4 is 32.5 Å². The topological polar surface area (TPSA) is 91.9 Å². The predicted molar refractivity (Wildman–Crippen MR) is 109 cm³/mol. The van der Waals surface area contributed by atoms with Gasteiger partial charge in [-0.15, -0.1) is 0 Å². The molecule has 0 radical (unpaired) electrons. The number of nitrogens with zero attached hydrogens (tertiary/aromatic N) is 1. The Morgan fingerprint density at radius 2 is 1.86 bits per heavy atom. The fraction of sp³-hybridized carbons (Fsp3) is 0.333. The first-order chi connectivity index (χ1) is 13.4. The number of nitrogens with one attached hydrogen (secondary N) is 2. The van der Waals surface area contributed by atoms with Gasteiger partial charge >= 0.3 is 0 Å². The summed E-state index contributed by atoms with van der Waals surface area (Å²) in [5, 5.41) is 3.00. The first-order valence-corrected chi connectivity index (χ1v) is 11.3. The number of fused-ring (bicyclic) bond motifs is 1. The summed E-state index contributed by atoms with van der Waals surface area (Å²) in [4.78, 5) is 20.6. The second-order valence-electron chi connectivity index (χ2n) is 7.94. The molecule has 1 unspecified atom stereocenters. The van der Waals surface area contributed by atoms with Crippen LogP contribution in [0.2, 0.25) is 0 Å². The van der Waals surface area contributed by atoms with Gasteiger partial charge in [-0.2, -0.15) is 0 Å². The van der Waals surface area contributed by atoms with E-state index >= 15 is 0 Å². The van der Waals surface area contributed by atoms with Crippen LogP contribution in [-0.2, 0) is 14.6 Å². The van der Waals surface area contributed by atoms with Crippen molar-refractivity contribution in [3.8, 4) is 11.4 Å². The number of anilines is 1. The second kappa shape index (κ2) is 6.17. The van der Waals surface area contributed by atoms with Crippen LogP contribution in [0, 0.1) is 11.3 Å². The number of sulfone groups is 1. The molecule has 1 aliphatic carbocycles. The summed E-state index contributed by atoms with van der Waals surface area (Å²) in [6, 6.07) is 15.5. The van der Waals surface area contributed by atoms with Gasteiger partial charge in [0.2, 0.25) is 5.91 Å². The predicted octanol–water partition coefficient (Wildman–Crippen LogP) is 3.38. The van der Waals surface area contributed by atoms with Crippen LogP contribution in [-0.4, -0.2) is 35.8 Å². The molecule has 2 fully saturated rings. The Morgan fingerprint density at radius 1 is 1.11 bits per heavy atom. The fourth-order valence-electron chi connectivity index (χ4n) is 4.27. The van der Waals surface area contributed by atoms with E-state index in [-0.39, 0.29) is 28.7 Å². The second-order valence-corrected chi connectivity index (χ2v) is 10.2. The van der Waals surface area contributed by atoms with Crippen molar-refractivity contribution in [3.05, 3.63) is 48.5 Å². The number of rotatable bonds is 3. The molecule has 2 N–H and O–H groups in total. The summed E-state index contributed by atoms with van der Waals surface area (Å²) in [7, 11) is -2.91. The average Bonchev–Trinajstić information content (AvgIpc) is 3.25. The molecule has 2 aromatic carbocycles. The maximum atomic E-state index is 12.7. The monoisotopic (exact) mass is 395 g/mol. The van der Waals surface area contributed by atoms with E-state index in [1.54, 1.807) is 0 Å². The summed E-state index contributed by atoms with van der Waals surface area (Å²) in [5.41, 5.74) is 3.35. The molecule has 7 heteroatoms. The molecular formula is C21H21N3O3S. The minimum atomic E-state index is -2.91. The van der Waals surface area contributed by atoms with E-state index in [1.807, 2.05) is 48.5 Å². The number of carbonyl (C=O) groups excluding carboxylic acids is 1. The Bertz CT molecular complexity index is 1150. The van der Waals surface area contributed by atoms with Gasteiger partial charge in [0.1, 0.15) is 15.7 Å². The highest BCUT2D eigenvalue weighted by atomic mass is 32.2. The van der Waals surface area contributed by atoms with Gasteiger partial charge in [-0.25, -0.2) is 13.4 Å². The zero-order valence-electron chi connectivity index (χ0n) is 15.3. The van der Waals surface area contributed by atoms with E-state index in [2.05, 4.69) is 15.3 Å². The lowest BCUT2D eigenvalue weighted by Gasteiger charge is -2.22. The van der Waals surface area contributed by atoms with Crippen molar-refractivity contribution in [1.29, 1.82) is 0 Å². The summed E-state index contributed by atoms with van der Waals surface area (Å²) in [5.74, 6) is 1.11. The molecule has 1 spiro atoms. The normalized spacial score (nSPS) is 22.2. The Labute approximate surface area is 163 Å². The largest absolute Gasteiger partial charge is 0.338 e. The Balaban J connectivity index is 1.31. The van der Waals surface area contributed by atoms with Crippen molar-refractivity contribution in [2.45, 2.75) is 19.3 Å². The third-order valence-corrected chi connectivity index (χ3v) is 7.78. The molecule has 6 nitrogen and oxygen atoms in total. The van der Waals surface area contributed by atoms with Crippen LogP contribution in [0.1, 0.15) is 19.3 Å². The molecule has 1 saturated heterocycles. The van der Waals surface area contributed by atoms with Gasteiger partial charge in [0.05, 0.1) is 22.5 Å². The van der Waals surface area contributed by atoms with E-state index in [1.165, 1.54) is 0 Å². The molecule has 5 rings (SSSR count). The molecule has 0 bridgehead atoms. The summed E-state index contributed by atoms with van der Waals surface area (Å²) >= 11 is 0. The van der Waals surface area contributed by atoms with Gasteiger partial charge in [0.15, 0.2) is 0 Å². The van der Waals surface area contributed by atoms with Gasteiger partial charge in [-0.1, -0.05) is 30.3 Å². The molecule has 28 heavy (non-hydrogen) atoms. The highest BCUT2D eigenvalue weighted by molar-refractivity contribution is 7.91. The number of H-pyrrole nitrogens is 1. The minimum absolute atomic E-state index is 0.0125. The molecule has 1 amide bonds. The van der Waals surface area contributed by atoms with E-state index in [4.69, 9.17) is 0 Å². The zero-order chi connectivity index (χ0) is 19.4. The summed E-state index contributed by atoms with van der Waals surface area (Å²) in [6.45, 7) is 0. The lowest BCUT2D eigenvalue weighted by molar-refractivity contribution is -0.118. The molecule has 1 saturated carbocycles. The van der Waals surface area contributed by atoms with Crippen LogP contribution in [0.4, 0.5) is 5.69 Å². The third-order valence-electron chi connectivity index (χ3n) is 6.12. The minimum Gasteiger partial charge on any atom is -0.338 e. The molecule has 2 aliphatic rings. The van der Waals surface area contributed by atoms with Crippen LogP contribution in [0.3, 0.4) is 0 Å². The van der Waals surface area contributed by atoms with E-state index < -0.39 is 9.84 Å². The van der Waals surface area contributed by atoms with Crippen molar-refractivity contribution in [1.82, 2.24) is 9.97 Å². The van der Waals surface area contributed by atoms with Crippen LogP contribution in [0.15, 0.2) is 48.5 Å². The van der Waals surface area contributed by atoms with E-state index in [0.29, 0.717) is 12.8 Å². The number of benzene rings is 2. The van der Waals surface area contributed by atoms with E-state index in [9.17, 15) is 13.2 Å². The summed E-state index contributed by atoms with van der Waals surface area (Å²) in [6.07, 6.45) is 2.00. The van der Waals surface area contributed by atoms with Crippen LogP contribution < -0.4 is 5.32 Å². The number of hydrogen-bond acceptors (Lipinski definition) is 4. The molecule has 3 aromatic rings. The number of amides is 1. The van der Waals surface area contributed by atoms with Gasteiger partial charge in [-0.05, 0) is 42.9 Å². The Kier molecular flexibility index (Phi) is 3.84. The van der Waals surface area contributed by atoms with Gasteiger partial charge in [0.25, 0.3) is 0 Å². The van der Waals surface area contributed by atoms with Crippen LogP contribution in [0.5, 0.6) is 0 Å². The Hall–Kier alpha value is -2.67. The van der Waals surface area contributed by atoms with Crippen molar-refractivity contribution in [2.75, 3.05) is 16.8 Å². The fourth-order valence-corrected chi connectivity index (χ4v) is 5.90. The van der Waals surface area contributed by atoms with Gasteiger partial charge < -0.3 is 10.3 Å². The van der Waals surface area contributed by atoms with Crippen LogP contribution in [0.25, 0.3) is 22.4 Å². The standard InChI is InChI=1S/C21H21N3O3S/c25-20(16-13-21(16)8-10-28(26,27)11-9-21)22-15-6-7-17-18(12-15)24-19(23-17)14-4-2-1-3-5-14/h1-7,12,16H,8-11,13H2,(H,22,25)(H,23,24). The number of aromatic nitrogens is 2. The average molecular weight is 395 g/mol.